The van der Waals surface area contributed by atoms with Crippen molar-refractivity contribution in [3.63, 3.8) is 0 Å². The number of nitrogens with zero attached hydrogens (tertiary/aromatic N) is 4. The Morgan fingerprint density at radius 2 is 1.95 bits per heavy atom. The first-order chi connectivity index (χ1) is 10.6. The van der Waals surface area contributed by atoms with Crippen LogP contribution in [-0.2, 0) is 13.6 Å². The summed E-state index contributed by atoms with van der Waals surface area (Å²) >= 11 is 0. The summed E-state index contributed by atoms with van der Waals surface area (Å²) in [7, 11) is 1.92. The summed E-state index contributed by atoms with van der Waals surface area (Å²) in [6.07, 6.45) is 0. The third kappa shape index (κ3) is 2.65. The molecule has 0 saturated carbocycles. The Bertz CT molecular complexity index is 770. The van der Waals surface area contributed by atoms with Crippen molar-refractivity contribution in [1.82, 2.24) is 19.9 Å². The van der Waals surface area contributed by atoms with E-state index in [9.17, 15) is 0 Å². The van der Waals surface area contributed by atoms with E-state index in [1.54, 1.807) is 0 Å². The van der Waals surface area contributed by atoms with Crippen molar-refractivity contribution in [3.8, 4) is 23.0 Å². The lowest BCUT2D eigenvalue weighted by atomic mass is 10.1. The monoisotopic (exact) mass is 297 g/mol. The second kappa shape index (κ2) is 5.73. The van der Waals surface area contributed by atoms with Crippen LogP contribution < -0.4 is 5.73 Å². The molecule has 2 N–H and O–H groups in total. The van der Waals surface area contributed by atoms with Gasteiger partial charge in [0, 0.05) is 24.8 Å². The van der Waals surface area contributed by atoms with Crippen LogP contribution in [0.3, 0.4) is 0 Å². The number of rotatable bonds is 4. The Morgan fingerprint density at radius 3 is 2.55 bits per heavy atom. The predicted octanol–water partition coefficient (Wildman–Crippen LogP) is 2.72. The topological polar surface area (TPSA) is 82.8 Å². The molecule has 2 aromatic heterocycles. The molecule has 0 aliphatic heterocycles. The minimum atomic E-state index is 0.387. The summed E-state index contributed by atoms with van der Waals surface area (Å²) in [5.74, 6) is 1.37. The zero-order valence-electron chi connectivity index (χ0n) is 12.9. The number of aryl methyl sites for hydroxylation is 1. The fourth-order valence-corrected chi connectivity index (χ4v) is 2.36. The molecule has 0 spiro atoms. The van der Waals surface area contributed by atoms with Gasteiger partial charge in [0.1, 0.15) is 0 Å². The first kappa shape index (κ1) is 14.5. The molecule has 3 aromatic rings. The Morgan fingerprint density at radius 1 is 1.23 bits per heavy atom. The van der Waals surface area contributed by atoms with Crippen LogP contribution in [0.4, 0.5) is 0 Å². The van der Waals surface area contributed by atoms with E-state index in [0.717, 1.165) is 16.8 Å². The van der Waals surface area contributed by atoms with Gasteiger partial charge in [-0.15, -0.1) is 0 Å². The van der Waals surface area contributed by atoms with Crippen molar-refractivity contribution < 1.29 is 4.52 Å². The minimum absolute atomic E-state index is 0.387. The number of hydrogen-bond acceptors (Lipinski definition) is 5. The molecule has 0 fully saturated rings. The van der Waals surface area contributed by atoms with Crippen LogP contribution >= 0.6 is 0 Å². The van der Waals surface area contributed by atoms with Gasteiger partial charge in [-0.05, 0) is 17.5 Å². The Hall–Kier alpha value is -2.47. The summed E-state index contributed by atoms with van der Waals surface area (Å²) in [4.78, 5) is 4.44. The molecule has 22 heavy (non-hydrogen) atoms. The maximum atomic E-state index is 5.60. The van der Waals surface area contributed by atoms with Gasteiger partial charge in [-0.2, -0.15) is 10.1 Å². The smallest absolute Gasteiger partial charge is 0.278 e. The molecular weight excluding hydrogens is 278 g/mol. The Balaban J connectivity index is 1.91. The number of aromatic nitrogens is 4. The van der Waals surface area contributed by atoms with Crippen LogP contribution in [0.25, 0.3) is 23.0 Å². The molecule has 0 atom stereocenters. The second-order valence-electron chi connectivity index (χ2n) is 5.56. The zero-order valence-corrected chi connectivity index (χ0v) is 12.9. The van der Waals surface area contributed by atoms with E-state index in [1.165, 1.54) is 0 Å². The van der Waals surface area contributed by atoms with Crippen molar-refractivity contribution in [2.75, 3.05) is 0 Å². The highest BCUT2D eigenvalue weighted by atomic mass is 16.5. The van der Waals surface area contributed by atoms with Gasteiger partial charge in [-0.3, -0.25) is 4.68 Å². The largest absolute Gasteiger partial charge is 0.332 e. The standard InChI is InChI=1S/C16H19N5O/c1-10(2)14-8-13(19-21(14)3)16-18-15(20-22-16)12-6-4-11(9-17)5-7-12/h4-8,10H,9,17H2,1-3H3. The average Bonchev–Trinajstić information content (AvgIpc) is 3.14. The average molecular weight is 297 g/mol. The molecular formula is C16H19N5O. The molecule has 0 aliphatic carbocycles. The van der Waals surface area contributed by atoms with E-state index in [4.69, 9.17) is 10.3 Å². The minimum Gasteiger partial charge on any atom is -0.332 e. The molecule has 0 unspecified atom stereocenters. The third-order valence-corrected chi connectivity index (χ3v) is 3.60. The van der Waals surface area contributed by atoms with Crippen molar-refractivity contribution in [1.29, 1.82) is 0 Å². The van der Waals surface area contributed by atoms with Gasteiger partial charge < -0.3 is 10.3 Å². The van der Waals surface area contributed by atoms with Crippen molar-refractivity contribution in [2.24, 2.45) is 12.8 Å². The van der Waals surface area contributed by atoms with E-state index >= 15 is 0 Å². The predicted molar refractivity (Wildman–Crippen MR) is 83.9 cm³/mol. The van der Waals surface area contributed by atoms with Gasteiger partial charge in [0.05, 0.1) is 0 Å². The Kier molecular flexibility index (Phi) is 3.77. The number of hydrogen-bond donors (Lipinski definition) is 1. The Labute approximate surface area is 129 Å². The SMILES string of the molecule is CC(C)c1cc(-c2nc(-c3ccc(CN)cc3)no2)nn1C. The molecule has 6 nitrogen and oxygen atoms in total. The van der Waals surface area contributed by atoms with Gasteiger partial charge in [-0.25, -0.2) is 0 Å². The highest BCUT2D eigenvalue weighted by Gasteiger charge is 2.16. The van der Waals surface area contributed by atoms with Crippen LogP contribution in [0.15, 0.2) is 34.9 Å². The quantitative estimate of drug-likeness (QED) is 0.800. The van der Waals surface area contributed by atoms with E-state index < -0.39 is 0 Å². The van der Waals surface area contributed by atoms with Crippen molar-refractivity contribution in [2.45, 2.75) is 26.3 Å². The first-order valence-corrected chi connectivity index (χ1v) is 7.26. The maximum Gasteiger partial charge on any atom is 0.278 e. The van der Waals surface area contributed by atoms with E-state index in [1.807, 2.05) is 42.1 Å². The molecule has 0 bridgehead atoms. The molecule has 114 valence electrons. The summed E-state index contributed by atoms with van der Waals surface area (Å²) < 4.78 is 7.20. The maximum absolute atomic E-state index is 5.60. The highest BCUT2D eigenvalue weighted by molar-refractivity contribution is 5.58. The molecule has 0 aliphatic rings. The van der Waals surface area contributed by atoms with E-state index in [2.05, 4.69) is 29.1 Å². The fourth-order valence-electron chi connectivity index (χ4n) is 2.36. The van der Waals surface area contributed by atoms with Crippen LogP contribution in [-0.4, -0.2) is 19.9 Å². The summed E-state index contributed by atoms with van der Waals surface area (Å²) in [5, 5.41) is 8.48. The van der Waals surface area contributed by atoms with Gasteiger partial charge >= 0.3 is 0 Å². The normalized spacial score (nSPS) is 11.3. The lowest BCUT2D eigenvalue weighted by molar-refractivity contribution is 0.430. The zero-order chi connectivity index (χ0) is 15.7. The van der Waals surface area contributed by atoms with Gasteiger partial charge in [-0.1, -0.05) is 43.3 Å². The second-order valence-corrected chi connectivity index (χ2v) is 5.56. The summed E-state index contributed by atoms with van der Waals surface area (Å²) in [6.45, 7) is 4.77. The molecule has 0 radical (unpaired) electrons. The molecule has 6 heteroatoms. The highest BCUT2D eigenvalue weighted by Crippen LogP contribution is 2.24. The molecule has 0 saturated heterocycles. The van der Waals surface area contributed by atoms with Gasteiger partial charge in [0.2, 0.25) is 5.82 Å². The van der Waals surface area contributed by atoms with Crippen LogP contribution in [0.1, 0.15) is 31.0 Å². The molecule has 0 amide bonds. The van der Waals surface area contributed by atoms with Crippen molar-refractivity contribution >= 4 is 0 Å². The fraction of sp³-hybridized carbons (Fsp3) is 0.312. The third-order valence-electron chi connectivity index (χ3n) is 3.60. The molecule has 2 heterocycles. The molecule has 3 rings (SSSR count). The van der Waals surface area contributed by atoms with Gasteiger partial charge in [0.25, 0.3) is 5.89 Å². The van der Waals surface area contributed by atoms with Crippen molar-refractivity contribution in [3.05, 3.63) is 41.6 Å². The summed E-state index contributed by atoms with van der Waals surface area (Å²) in [6, 6.07) is 9.79. The lowest BCUT2D eigenvalue weighted by Crippen LogP contribution is -1.99. The molecule has 1 aromatic carbocycles. The van der Waals surface area contributed by atoms with Crippen LogP contribution in [0.5, 0.6) is 0 Å². The lowest BCUT2D eigenvalue weighted by Gasteiger charge is -2.02. The van der Waals surface area contributed by atoms with Gasteiger partial charge in [0.15, 0.2) is 5.69 Å². The van der Waals surface area contributed by atoms with Crippen LogP contribution in [0, 0.1) is 0 Å². The first-order valence-electron chi connectivity index (χ1n) is 7.26. The number of nitrogens with two attached hydrogens (primary N) is 1. The van der Waals surface area contributed by atoms with Crippen LogP contribution in [0.2, 0.25) is 0 Å². The van der Waals surface area contributed by atoms with E-state index in [-0.39, 0.29) is 0 Å². The van der Waals surface area contributed by atoms with E-state index in [0.29, 0.717) is 29.9 Å². The summed E-state index contributed by atoms with van der Waals surface area (Å²) in [5.41, 5.74) is 9.39. The number of benzene rings is 1.